The Morgan fingerprint density at radius 3 is 2.88 bits per heavy atom. The lowest BCUT2D eigenvalue weighted by molar-refractivity contribution is 0.981. The monoisotopic (exact) mass is 254 g/mol. The molecule has 0 fully saturated rings. The lowest BCUT2D eigenvalue weighted by Crippen LogP contribution is -2.00. The third-order valence-electron chi connectivity index (χ3n) is 2.32. The Kier molecular flexibility index (Phi) is 3.52. The summed E-state index contributed by atoms with van der Waals surface area (Å²) >= 11 is 12.1. The van der Waals surface area contributed by atoms with Crippen molar-refractivity contribution in [3.05, 3.63) is 34.4 Å². The van der Waals surface area contributed by atoms with Gasteiger partial charge in [-0.1, -0.05) is 30.1 Å². The van der Waals surface area contributed by atoms with Crippen molar-refractivity contribution in [1.29, 1.82) is 0 Å². The van der Waals surface area contributed by atoms with Crippen LogP contribution < -0.4 is 5.32 Å². The van der Waals surface area contributed by atoms with Crippen molar-refractivity contribution in [3.8, 4) is 0 Å². The molecule has 1 heterocycles. The molecule has 0 aliphatic heterocycles. The average molecular weight is 255 g/mol. The van der Waals surface area contributed by atoms with Crippen LogP contribution >= 0.6 is 23.2 Å². The summed E-state index contributed by atoms with van der Waals surface area (Å²) in [5.41, 5.74) is 1.83. The molecule has 0 spiro atoms. The minimum Gasteiger partial charge on any atom is -0.384 e. The second kappa shape index (κ2) is 4.89. The molecule has 1 N–H and O–H groups in total. The maximum atomic E-state index is 6.18. The van der Waals surface area contributed by atoms with Crippen molar-refractivity contribution in [2.24, 2.45) is 0 Å². The number of aromatic nitrogens is 1. The summed E-state index contributed by atoms with van der Waals surface area (Å²) in [6.07, 6.45) is 2.82. The van der Waals surface area contributed by atoms with E-state index in [4.69, 9.17) is 23.2 Å². The van der Waals surface area contributed by atoms with Crippen LogP contribution in [0, 0.1) is 0 Å². The number of halogens is 2. The minimum absolute atomic E-state index is 0.609. The highest BCUT2D eigenvalue weighted by Crippen LogP contribution is 2.31. The summed E-state index contributed by atoms with van der Waals surface area (Å²) in [5, 5.41) is 5.50. The van der Waals surface area contributed by atoms with E-state index in [1.807, 2.05) is 12.1 Å². The molecule has 2 rings (SSSR count). The van der Waals surface area contributed by atoms with E-state index in [-0.39, 0.29) is 0 Å². The molecule has 0 saturated carbocycles. The van der Waals surface area contributed by atoms with Crippen LogP contribution in [0.2, 0.25) is 10.0 Å². The molecule has 0 aliphatic rings. The van der Waals surface area contributed by atoms with E-state index < -0.39 is 0 Å². The van der Waals surface area contributed by atoms with E-state index >= 15 is 0 Å². The van der Waals surface area contributed by atoms with Gasteiger partial charge in [0, 0.05) is 28.8 Å². The number of nitrogens with zero attached hydrogens (tertiary/aromatic N) is 1. The maximum Gasteiger partial charge on any atom is 0.0752 e. The predicted octanol–water partition coefficient (Wildman–Crippen LogP) is 4.36. The number of pyridine rings is 1. The van der Waals surface area contributed by atoms with Gasteiger partial charge in [0.15, 0.2) is 0 Å². The summed E-state index contributed by atoms with van der Waals surface area (Å²) in [5.74, 6) is 0. The van der Waals surface area contributed by atoms with Crippen LogP contribution in [0.3, 0.4) is 0 Å². The van der Waals surface area contributed by atoms with Crippen molar-refractivity contribution in [2.75, 3.05) is 11.9 Å². The van der Waals surface area contributed by atoms with Crippen molar-refractivity contribution < 1.29 is 0 Å². The fourth-order valence-corrected chi connectivity index (χ4v) is 2.20. The van der Waals surface area contributed by atoms with Gasteiger partial charge >= 0.3 is 0 Å². The van der Waals surface area contributed by atoms with E-state index in [2.05, 4.69) is 17.2 Å². The highest BCUT2D eigenvalue weighted by atomic mass is 35.5. The summed E-state index contributed by atoms with van der Waals surface area (Å²) < 4.78 is 0. The molecule has 0 atom stereocenters. The highest BCUT2D eigenvalue weighted by Gasteiger charge is 2.07. The number of hydrogen-bond acceptors (Lipinski definition) is 2. The number of benzene rings is 1. The number of anilines is 1. The van der Waals surface area contributed by atoms with E-state index in [9.17, 15) is 0 Å². The molecule has 2 aromatic rings. The molecular weight excluding hydrogens is 243 g/mol. The van der Waals surface area contributed by atoms with E-state index in [1.54, 1.807) is 12.3 Å². The predicted molar refractivity (Wildman–Crippen MR) is 70.5 cm³/mol. The molecule has 1 aromatic carbocycles. The van der Waals surface area contributed by atoms with Crippen molar-refractivity contribution >= 4 is 39.8 Å². The van der Waals surface area contributed by atoms with Crippen LogP contribution in [0.25, 0.3) is 10.9 Å². The SMILES string of the molecule is CCCNc1ccnc2cc(Cl)cc(Cl)c12. The van der Waals surface area contributed by atoms with Gasteiger partial charge in [-0.05, 0) is 24.6 Å². The Balaban J connectivity index is 2.57. The summed E-state index contributed by atoms with van der Waals surface area (Å²) in [6, 6.07) is 5.49. The average Bonchev–Trinajstić information content (AvgIpc) is 2.25. The van der Waals surface area contributed by atoms with E-state index in [0.29, 0.717) is 10.0 Å². The Morgan fingerprint density at radius 1 is 1.31 bits per heavy atom. The molecule has 0 radical (unpaired) electrons. The van der Waals surface area contributed by atoms with E-state index in [1.165, 1.54) is 0 Å². The lowest BCUT2D eigenvalue weighted by Gasteiger charge is -2.09. The molecule has 4 heteroatoms. The van der Waals surface area contributed by atoms with Crippen molar-refractivity contribution in [3.63, 3.8) is 0 Å². The van der Waals surface area contributed by atoms with Gasteiger partial charge in [0.05, 0.1) is 10.5 Å². The van der Waals surface area contributed by atoms with Crippen molar-refractivity contribution in [1.82, 2.24) is 4.98 Å². The normalized spacial score (nSPS) is 10.7. The van der Waals surface area contributed by atoms with Gasteiger partial charge < -0.3 is 5.32 Å². The number of hydrogen-bond donors (Lipinski definition) is 1. The zero-order valence-corrected chi connectivity index (χ0v) is 10.4. The van der Waals surface area contributed by atoms with Gasteiger partial charge in [-0.2, -0.15) is 0 Å². The van der Waals surface area contributed by atoms with Gasteiger partial charge in [-0.15, -0.1) is 0 Å². The summed E-state index contributed by atoms with van der Waals surface area (Å²) in [7, 11) is 0. The summed E-state index contributed by atoms with van der Waals surface area (Å²) in [6.45, 7) is 3.03. The smallest absolute Gasteiger partial charge is 0.0752 e. The van der Waals surface area contributed by atoms with E-state index in [0.717, 1.165) is 29.6 Å². The van der Waals surface area contributed by atoms with Gasteiger partial charge in [0.1, 0.15) is 0 Å². The van der Waals surface area contributed by atoms with Crippen LogP contribution in [0.5, 0.6) is 0 Å². The molecule has 0 saturated heterocycles. The third kappa shape index (κ3) is 2.23. The second-order valence-corrected chi connectivity index (χ2v) is 4.41. The maximum absolute atomic E-state index is 6.18. The summed E-state index contributed by atoms with van der Waals surface area (Å²) in [4.78, 5) is 4.26. The molecule has 1 aromatic heterocycles. The first kappa shape index (κ1) is 11.5. The second-order valence-electron chi connectivity index (χ2n) is 3.57. The first-order chi connectivity index (χ1) is 7.72. The largest absolute Gasteiger partial charge is 0.384 e. The lowest BCUT2D eigenvalue weighted by atomic mass is 10.2. The quantitative estimate of drug-likeness (QED) is 0.881. The van der Waals surface area contributed by atoms with Gasteiger partial charge in [-0.25, -0.2) is 0 Å². The van der Waals surface area contributed by atoms with Crippen LogP contribution in [-0.2, 0) is 0 Å². The molecule has 0 unspecified atom stereocenters. The molecular formula is C12H12Cl2N2. The fourth-order valence-electron chi connectivity index (χ4n) is 1.61. The van der Waals surface area contributed by atoms with Crippen LogP contribution in [0.1, 0.15) is 13.3 Å². The third-order valence-corrected chi connectivity index (χ3v) is 2.84. The van der Waals surface area contributed by atoms with Crippen molar-refractivity contribution in [2.45, 2.75) is 13.3 Å². The standard InChI is InChI=1S/C12H12Cl2N2/c1-2-4-15-10-3-5-16-11-7-8(13)6-9(14)12(10)11/h3,5-7H,2,4H2,1H3,(H,15,16). The van der Waals surface area contributed by atoms with Crippen LogP contribution in [0.4, 0.5) is 5.69 Å². The highest BCUT2D eigenvalue weighted by molar-refractivity contribution is 6.39. The molecule has 0 amide bonds. The first-order valence-electron chi connectivity index (χ1n) is 5.20. The number of fused-ring (bicyclic) bond motifs is 1. The first-order valence-corrected chi connectivity index (χ1v) is 5.95. The zero-order chi connectivity index (χ0) is 11.5. The molecule has 2 nitrogen and oxygen atoms in total. The van der Waals surface area contributed by atoms with Gasteiger partial charge in [-0.3, -0.25) is 4.98 Å². The number of rotatable bonds is 3. The Hall–Kier alpha value is -0.990. The molecule has 84 valence electrons. The number of nitrogens with one attached hydrogen (secondary N) is 1. The fraction of sp³-hybridized carbons (Fsp3) is 0.250. The molecule has 16 heavy (non-hydrogen) atoms. The molecule has 0 aliphatic carbocycles. The zero-order valence-electron chi connectivity index (χ0n) is 8.93. The Bertz CT molecular complexity index is 512. The minimum atomic E-state index is 0.609. The van der Waals surface area contributed by atoms with Gasteiger partial charge in [0.25, 0.3) is 0 Å². The molecule has 0 bridgehead atoms. The topological polar surface area (TPSA) is 24.9 Å². The Morgan fingerprint density at radius 2 is 2.12 bits per heavy atom. The van der Waals surface area contributed by atoms with Crippen LogP contribution in [-0.4, -0.2) is 11.5 Å². The Labute approximate surface area is 105 Å². The van der Waals surface area contributed by atoms with Gasteiger partial charge in [0.2, 0.25) is 0 Å². The van der Waals surface area contributed by atoms with Crippen LogP contribution in [0.15, 0.2) is 24.4 Å².